The van der Waals surface area contributed by atoms with Crippen molar-refractivity contribution in [1.29, 1.82) is 0 Å². The molecule has 0 amide bonds. The monoisotopic (exact) mass is 696 g/mol. The molecule has 4 heteroatoms. The summed E-state index contributed by atoms with van der Waals surface area (Å²) in [5.74, 6) is 0. The first-order valence-electron chi connectivity index (χ1n) is 12.6. The molecule has 0 aliphatic heterocycles. The van der Waals surface area contributed by atoms with Gasteiger partial charge in [0.15, 0.2) is 0 Å². The first kappa shape index (κ1) is 21.2. The van der Waals surface area contributed by atoms with Crippen molar-refractivity contribution in [2.75, 3.05) is 0 Å². The van der Waals surface area contributed by atoms with Gasteiger partial charge < -0.3 is 0 Å². The molecular weight excluding hydrogens is 677 g/mol. The normalized spacial score (nSPS) is 12.7. The van der Waals surface area contributed by atoms with E-state index >= 15 is 0 Å². The van der Waals surface area contributed by atoms with Gasteiger partial charge in [-0.3, -0.25) is 0 Å². The molecule has 0 bridgehead atoms. The van der Waals surface area contributed by atoms with Gasteiger partial charge in [0.1, 0.15) is 0 Å². The molecule has 10 aromatic rings. The third kappa shape index (κ3) is 2.92. The van der Waals surface area contributed by atoms with Gasteiger partial charge in [-0.2, -0.15) is 0 Å². The second-order valence-electron chi connectivity index (χ2n) is 10.3. The Morgan fingerprint density at radius 3 is 1.53 bits per heavy atom. The van der Waals surface area contributed by atoms with Crippen LogP contribution in [0.15, 0.2) is 94.8 Å². The number of hydrogen-bond donors (Lipinski definition) is 0. The molecule has 10 rings (SSSR count). The fraction of sp³-hybridized carbons (Fsp3) is 0. The van der Waals surface area contributed by atoms with Crippen LogP contribution in [-0.4, -0.2) is 43.5 Å². The zero-order valence-corrected chi connectivity index (χ0v) is 25.8. The van der Waals surface area contributed by atoms with E-state index in [1.807, 2.05) is 11.3 Å². The van der Waals surface area contributed by atoms with Gasteiger partial charge in [0.2, 0.25) is 0 Å². The summed E-state index contributed by atoms with van der Waals surface area (Å²) in [7, 11) is 0. The first-order valence-corrected chi connectivity index (χ1v) is 18.8. The summed E-state index contributed by atoms with van der Waals surface area (Å²) in [6, 6.07) is 33.8. The molecule has 0 N–H and O–H groups in total. The van der Waals surface area contributed by atoms with Crippen LogP contribution in [-0.2, 0) is 0 Å². The van der Waals surface area contributed by atoms with Crippen molar-refractivity contribution in [2.45, 2.75) is 0 Å². The van der Waals surface area contributed by atoms with E-state index in [1.165, 1.54) is 82.6 Å². The summed E-state index contributed by atoms with van der Waals surface area (Å²) in [5, 5.41) is 16.7. The molecule has 176 valence electrons. The Balaban J connectivity index is 1.24. The molecule has 0 radical (unpaired) electrons. The van der Waals surface area contributed by atoms with Crippen molar-refractivity contribution >= 4 is 146 Å². The Kier molecular flexibility index (Phi) is 4.19. The number of benzene rings is 6. The van der Waals surface area contributed by atoms with Gasteiger partial charge in [-0.15, -0.1) is 0 Å². The molecule has 4 aromatic heterocycles. The molecule has 38 heavy (non-hydrogen) atoms. The van der Waals surface area contributed by atoms with Crippen LogP contribution < -0.4 is 0 Å². The molecule has 0 spiro atoms. The minimum atomic E-state index is 0.343. The standard InChI is InChI=1S/C34H16SSe3/c1-3-36-30-14-24-9-23-13-29-27(11-21(23)7-19(24)5-17(1)30)34-33(35-29)28-12-22-8-20-6-18-2-4-37-31(18)15-25(20)10-26(22)16-32(28)38-34/h1-16H. The quantitative estimate of drug-likeness (QED) is 0.110. The Hall–Kier alpha value is -2.64. The van der Waals surface area contributed by atoms with E-state index in [0.717, 1.165) is 0 Å². The number of hydrogen-bond acceptors (Lipinski definition) is 1. The average molecular weight is 693 g/mol. The molecule has 0 aliphatic carbocycles. The van der Waals surface area contributed by atoms with Crippen LogP contribution in [0.4, 0.5) is 0 Å². The molecule has 0 atom stereocenters. The molecule has 6 aromatic carbocycles. The maximum absolute atomic E-state index is 2.49. The van der Waals surface area contributed by atoms with Crippen LogP contribution >= 0.6 is 11.3 Å². The van der Waals surface area contributed by atoms with Crippen molar-refractivity contribution in [2.24, 2.45) is 0 Å². The summed E-state index contributed by atoms with van der Waals surface area (Å²) in [4.78, 5) is 4.68. The predicted octanol–water partition coefficient (Wildman–Crippen LogP) is 9.30. The summed E-state index contributed by atoms with van der Waals surface area (Å²) in [6.45, 7) is 0. The molecule has 0 aliphatic rings. The van der Waals surface area contributed by atoms with Gasteiger partial charge in [-0.05, 0) is 0 Å². The van der Waals surface area contributed by atoms with E-state index in [4.69, 9.17) is 0 Å². The zero-order chi connectivity index (χ0) is 24.5. The average Bonchev–Trinajstić information content (AvgIpc) is 3.70. The zero-order valence-electron chi connectivity index (χ0n) is 19.9. The molecule has 0 fully saturated rings. The van der Waals surface area contributed by atoms with Crippen LogP contribution in [0.2, 0.25) is 0 Å². The Morgan fingerprint density at radius 1 is 0.421 bits per heavy atom. The van der Waals surface area contributed by atoms with Crippen LogP contribution in [0, 0.1) is 0 Å². The summed E-state index contributed by atoms with van der Waals surface area (Å²) < 4.78 is 9.10. The molecule has 4 heterocycles. The second kappa shape index (κ2) is 7.51. The molecule has 0 saturated carbocycles. The summed E-state index contributed by atoms with van der Waals surface area (Å²) in [6.07, 6.45) is 0. The predicted molar refractivity (Wildman–Crippen MR) is 173 cm³/mol. The van der Waals surface area contributed by atoms with Gasteiger partial charge in [0.05, 0.1) is 0 Å². The van der Waals surface area contributed by atoms with Gasteiger partial charge in [-0.1, -0.05) is 0 Å². The third-order valence-corrected chi connectivity index (χ3v) is 15.7. The van der Waals surface area contributed by atoms with Crippen LogP contribution in [0.1, 0.15) is 0 Å². The van der Waals surface area contributed by atoms with E-state index in [0.29, 0.717) is 43.5 Å². The molecule has 0 saturated heterocycles. The van der Waals surface area contributed by atoms with E-state index in [2.05, 4.69) is 94.8 Å². The Labute approximate surface area is 238 Å². The van der Waals surface area contributed by atoms with Crippen molar-refractivity contribution in [1.82, 2.24) is 0 Å². The van der Waals surface area contributed by atoms with Crippen molar-refractivity contribution in [3.8, 4) is 0 Å². The first-order chi connectivity index (χ1) is 18.7. The molecular formula is C34H16SSe3. The Bertz CT molecular complexity index is 2440. The third-order valence-electron chi connectivity index (χ3n) is 8.05. The SMILES string of the molecule is c1cc2cc3cc4cc5c(cc4cc3cc2[se]1)sc1c2cc3cc4cc6cc[se]c6cc4cc3cc2[se]c51. The van der Waals surface area contributed by atoms with Gasteiger partial charge >= 0.3 is 241 Å². The van der Waals surface area contributed by atoms with E-state index < -0.39 is 0 Å². The minimum absolute atomic E-state index is 0.343. The fourth-order valence-corrected chi connectivity index (χ4v) is 14.0. The van der Waals surface area contributed by atoms with Crippen molar-refractivity contribution in [3.05, 3.63) is 94.8 Å². The maximum atomic E-state index is 2.49. The number of rotatable bonds is 0. The molecule has 0 nitrogen and oxygen atoms in total. The van der Waals surface area contributed by atoms with E-state index in [9.17, 15) is 0 Å². The number of fused-ring (bicyclic) bond motifs is 11. The summed E-state index contributed by atoms with van der Waals surface area (Å²) >= 11 is 3.32. The van der Waals surface area contributed by atoms with Crippen LogP contribution in [0.25, 0.3) is 91.1 Å². The summed E-state index contributed by atoms with van der Waals surface area (Å²) in [5.41, 5.74) is 0. The van der Waals surface area contributed by atoms with Gasteiger partial charge in [-0.25, -0.2) is 0 Å². The fourth-order valence-electron chi connectivity index (χ4n) is 6.17. The van der Waals surface area contributed by atoms with Crippen molar-refractivity contribution in [3.63, 3.8) is 0 Å². The topological polar surface area (TPSA) is 0 Å². The Morgan fingerprint density at radius 2 is 0.895 bits per heavy atom. The van der Waals surface area contributed by atoms with Crippen LogP contribution in [0.3, 0.4) is 0 Å². The van der Waals surface area contributed by atoms with Crippen LogP contribution in [0.5, 0.6) is 0 Å². The van der Waals surface area contributed by atoms with Crippen molar-refractivity contribution < 1.29 is 0 Å². The number of thiophene rings is 1. The van der Waals surface area contributed by atoms with E-state index in [1.54, 1.807) is 8.52 Å². The van der Waals surface area contributed by atoms with Gasteiger partial charge in [0, 0.05) is 0 Å². The second-order valence-corrected chi connectivity index (χ2v) is 17.5. The molecule has 0 unspecified atom stereocenters. The van der Waals surface area contributed by atoms with E-state index in [-0.39, 0.29) is 0 Å². The van der Waals surface area contributed by atoms with Gasteiger partial charge in [0.25, 0.3) is 0 Å².